The molecule has 0 amide bonds. The molecule has 0 saturated carbocycles. The second-order valence-electron chi connectivity index (χ2n) is 4.82. The number of allylic oxidation sites excluding steroid dienone is 3. The molecule has 0 bridgehead atoms. The smallest absolute Gasteiger partial charge is 0.281 e. The maximum absolute atomic E-state index is 12.4. The molecule has 1 aromatic carbocycles. The summed E-state index contributed by atoms with van der Waals surface area (Å²) in [6, 6.07) is 11.4. The Balaban J connectivity index is 2.22. The van der Waals surface area contributed by atoms with E-state index in [2.05, 4.69) is 11.7 Å². The van der Waals surface area contributed by atoms with Crippen molar-refractivity contribution in [3.8, 4) is 0 Å². The molecule has 2 aromatic rings. The Hall–Kier alpha value is -3.18. The molecule has 122 valence electrons. The number of carbonyl (C=O) groups is 1. The zero-order valence-electron chi connectivity index (χ0n) is 13.0. The molecule has 0 radical (unpaired) electrons. The third kappa shape index (κ3) is 4.41. The van der Waals surface area contributed by atoms with Crippen LogP contribution in [0.5, 0.6) is 0 Å². The van der Waals surface area contributed by atoms with E-state index in [0.717, 1.165) is 16.3 Å². The van der Waals surface area contributed by atoms with Gasteiger partial charge in [-0.1, -0.05) is 49.1 Å². The molecular formula is C19H18N2O3. The van der Waals surface area contributed by atoms with E-state index in [1.807, 2.05) is 36.4 Å². The summed E-state index contributed by atoms with van der Waals surface area (Å²) in [5.74, 6) is -0.793. The van der Waals surface area contributed by atoms with E-state index in [0.29, 0.717) is 5.69 Å². The van der Waals surface area contributed by atoms with Crippen molar-refractivity contribution < 1.29 is 15.0 Å². The summed E-state index contributed by atoms with van der Waals surface area (Å²) in [7, 11) is 0. The normalized spacial score (nSPS) is 12.5. The van der Waals surface area contributed by atoms with Gasteiger partial charge in [0.05, 0.1) is 17.9 Å². The fourth-order valence-electron chi connectivity index (χ4n) is 1.96. The van der Waals surface area contributed by atoms with Crippen LogP contribution in [-0.4, -0.2) is 32.5 Å². The minimum atomic E-state index is -0.517. The van der Waals surface area contributed by atoms with E-state index in [1.165, 1.54) is 18.3 Å². The Bertz CT molecular complexity index is 799. The summed E-state index contributed by atoms with van der Waals surface area (Å²) in [5, 5.41) is 22.8. The lowest BCUT2D eigenvalue weighted by Gasteiger charge is -2.03. The van der Waals surface area contributed by atoms with Crippen LogP contribution >= 0.6 is 0 Å². The Morgan fingerprint density at radius 1 is 1.21 bits per heavy atom. The highest BCUT2D eigenvalue weighted by molar-refractivity contribution is 5.98. The van der Waals surface area contributed by atoms with Crippen molar-refractivity contribution in [3.63, 3.8) is 0 Å². The molecule has 24 heavy (non-hydrogen) atoms. The third-order valence-corrected chi connectivity index (χ3v) is 3.15. The first-order valence-electron chi connectivity index (χ1n) is 7.32. The van der Waals surface area contributed by atoms with Gasteiger partial charge in [-0.3, -0.25) is 4.79 Å². The van der Waals surface area contributed by atoms with Crippen LogP contribution in [0.2, 0.25) is 0 Å². The standard InChI is InChI=1S/C19H18N2O3/c1-2-18(23)17(9-6-14-22)19(24)21-13-12-16(20-21)11-10-15-7-4-3-5-8-15/h2-13,22-23H,1,14H2/b9-6-,11-10+,18-17-. The number of aliphatic hydroxyl groups excluding tert-OH is 2. The highest BCUT2D eigenvalue weighted by Gasteiger charge is 2.14. The molecule has 1 aromatic heterocycles. The minimum Gasteiger partial charge on any atom is -0.507 e. The molecule has 0 aliphatic rings. The van der Waals surface area contributed by atoms with Crippen LogP contribution in [0.1, 0.15) is 16.1 Å². The minimum absolute atomic E-state index is 0.000684. The van der Waals surface area contributed by atoms with Crippen LogP contribution in [-0.2, 0) is 0 Å². The first-order chi connectivity index (χ1) is 11.7. The van der Waals surface area contributed by atoms with Crippen LogP contribution in [0.4, 0.5) is 0 Å². The van der Waals surface area contributed by atoms with Gasteiger partial charge in [-0.2, -0.15) is 5.10 Å². The van der Waals surface area contributed by atoms with Crippen molar-refractivity contribution in [2.45, 2.75) is 0 Å². The molecule has 0 spiro atoms. The van der Waals surface area contributed by atoms with Crippen LogP contribution in [0, 0.1) is 0 Å². The number of aromatic nitrogens is 2. The van der Waals surface area contributed by atoms with E-state index in [-0.39, 0.29) is 17.9 Å². The first-order valence-corrected chi connectivity index (χ1v) is 7.32. The van der Waals surface area contributed by atoms with Gasteiger partial charge in [-0.05, 0) is 29.9 Å². The van der Waals surface area contributed by atoms with Gasteiger partial charge in [-0.25, -0.2) is 4.68 Å². The lowest BCUT2D eigenvalue weighted by Crippen LogP contribution is -2.14. The van der Waals surface area contributed by atoms with E-state index in [1.54, 1.807) is 12.1 Å². The SMILES string of the molecule is C=C/C(O)=C(\C=C/CO)C(=O)n1ccc(/C=C/c2ccccc2)n1. The number of aliphatic hydroxyl groups is 2. The molecule has 5 nitrogen and oxygen atoms in total. The van der Waals surface area contributed by atoms with Crippen molar-refractivity contribution in [2.75, 3.05) is 6.61 Å². The number of hydrogen-bond acceptors (Lipinski definition) is 4. The van der Waals surface area contributed by atoms with Crippen molar-refractivity contribution >= 4 is 18.1 Å². The maximum Gasteiger partial charge on any atom is 0.281 e. The van der Waals surface area contributed by atoms with E-state index in [4.69, 9.17) is 5.11 Å². The number of rotatable bonds is 6. The summed E-state index contributed by atoms with van der Waals surface area (Å²) >= 11 is 0. The van der Waals surface area contributed by atoms with Gasteiger partial charge in [0.2, 0.25) is 0 Å². The Labute approximate surface area is 140 Å². The van der Waals surface area contributed by atoms with E-state index in [9.17, 15) is 9.90 Å². The Morgan fingerprint density at radius 2 is 1.96 bits per heavy atom. The molecule has 0 saturated heterocycles. The van der Waals surface area contributed by atoms with Gasteiger partial charge in [0.1, 0.15) is 5.76 Å². The molecule has 0 unspecified atom stereocenters. The summed E-state index contributed by atoms with van der Waals surface area (Å²) < 4.78 is 1.13. The van der Waals surface area contributed by atoms with Gasteiger partial charge in [0.25, 0.3) is 5.91 Å². The fourth-order valence-corrected chi connectivity index (χ4v) is 1.96. The van der Waals surface area contributed by atoms with Gasteiger partial charge >= 0.3 is 0 Å². The summed E-state index contributed by atoms with van der Waals surface area (Å²) in [6.07, 6.45) is 9.04. The number of carbonyl (C=O) groups excluding carboxylic acids is 1. The van der Waals surface area contributed by atoms with Crippen molar-refractivity contribution in [1.82, 2.24) is 9.78 Å². The average molecular weight is 322 g/mol. The maximum atomic E-state index is 12.4. The lowest BCUT2D eigenvalue weighted by molar-refractivity contribution is 0.0940. The summed E-state index contributed by atoms with van der Waals surface area (Å²) in [5.41, 5.74) is 1.63. The van der Waals surface area contributed by atoms with Crippen LogP contribution < -0.4 is 0 Å². The topological polar surface area (TPSA) is 75.3 Å². The lowest BCUT2D eigenvalue weighted by atomic mass is 10.2. The Morgan fingerprint density at radius 3 is 2.62 bits per heavy atom. The van der Waals surface area contributed by atoms with Gasteiger partial charge in [0.15, 0.2) is 0 Å². The zero-order valence-corrected chi connectivity index (χ0v) is 13.0. The predicted molar refractivity (Wildman–Crippen MR) is 94.3 cm³/mol. The predicted octanol–water partition coefficient (Wildman–Crippen LogP) is 3.24. The largest absolute Gasteiger partial charge is 0.507 e. The van der Waals surface area contributed by atoms with Gasteiger partial charge in [-0.15, -0.1) is 0 Å². The van der Waals surface area contributed by atoms with Crippen molar-refractivity contribution in [3.05, 3.63) is 90.0 Å². The van der Waals surface area contributed by atoms with Crippen molar-refractivity contribution in [2.24, 2.45) is 0 Å². The van der Waals surface area contributed by atoms with Crippen molar-refractivity contribution in [1.29, 1.82) is 0 Å². The Kier molecular flexibility index (Phi) is 6.05. The molecule has 0 aliphatic heterocycles. The van der Waals surface area contributed by atoms with Crippen LogP contribution in [0.3, 0.4) is 0 Å². The number of hydrogen-bond donors (Lipinski definition) is 2. The van der Waals surface area contributed by atoms with Gasteiger partial charge in [0, 0.05) is 6.20 Å². The molecule has 0 aliphatic carbocycles. The fraction of sp³-hybridized carbons (Fsp3) is 0.0526. The summed E-state index contributed by atoms with van der Waals surface area (Å²) in [4.78, 5) is 12.4. The third-order valence-electron chi connectivity index (χ3n) is 3.15. The van der Waals surface area contributed by atoms with E-state index >= 15 is 0 Å². The molecule has 0 atom stereocenters. The van der Waals surface area contributed by atoms with Gasteiger partial charge < -0.3 is 10.2 Å². The highest BCUT2D eigenvalue weighted by atomic mass is 16.3. The first kappa shape index (κ1) is 17.2. The average Bonchev–Trinajstić information content (AvgIpc) is 3.09. The second-order valence-corrected chi connectivity index (χ2v) is 4.82. The number of nitrogens with zero attached hydrogens (tertiary/aromatic N) is 2. The quantitative estimate of drug-likeness (QED) is 0.486. The zero-order chi connectivity index (χ0) is 17.4. The molecule has 5 heteroatoms. The van der Waals surface area contributed by atoms with E-state index < -0.39 is 5.91 Å². The monoisotopic (exact) mass is 322 g/mol. The van der Waals surface area contributed by atoms with Crippen LogP contribution in [0.15, 0.2) is 78.7 Å². The van der Waals surface area contributed by atoms with Crippen LogP contribution in [0.25, 0.3) is 12.2 Å². The summed E-state index contributed by atoms with van der Waals surface area (Å²) in [6.45, 7) is 3.19. The highest BCUT2D eigenvalue weighted by Crippen LogP contribution is 2.11. The second kappa shape index (κ2) is 8.45. The molecular weight excluding hydrogens is 304 g/mol. The number of benzene rings is 1. The molecule has 1 heterocycles. The molecule has 2 rings (SSSR count). The molecule has 2 N–H and O–H groups in total. The molecule has 0 fully saturated rings.